The van der Waals surface area contributed by atoms with Crippen LogP contribution in [0.2, 0.25) is 0 Å². The third-order valence-electron chi connectivity index (χ3n) is 4.08. The number of ether oxygens (including phenoxy) is 1. The predicted octanol–water partition coefficient (Wildman–Crippen LogP) is 4.73. The molecule has 0 amide bonds. The molecule has 0 aromatic heterocycles. The van der Waals surface area contributed by atoms with Gasteiger partial charge in [0, 0.05) is 17.6 Å². The van der Waals surface area contributed by atoms with Crippen molar-refractivity contribution in [1.29, 1.82) is 0 Å². The van der Waals surface area contributed by atoms with Gasteiger partial charge in [0.1, 0.15) is 5.75 Å². The lowest BCUT2D eigenvalue weighted by Crippen LogP contribution is -2.18. The number of phenols is 2. The second-order valence-corrected chi connectivity index (χ2v) is 6.79. The molecule has 0 fully saturated rings. The maximum Gasteiger partial charge on any atom is 0.327 e. The number of rotatable bonds is 7. The lowest BCUT2D eigenvalue weighted by molar-refractivity contribution is -0.132. The van der Waals surface area contributed by atoms with Crippen molar-refractivity contribution >= 4 is 11.9 Å². The molecule has 7 heteroatoms. The van der Waals surface area contributed by atoms with Gasteiger partial charge in [0.2, 0.25) is 0 Å². The summed E-state index contributed by atoms with van der Waals surface area (Å²) in [5.41, 5.74) is 1.90. The van der Waals surface area contributed by atoms with Crippen molar-refractivity contribution in [3.63, 3.8) is 0 Å². The molecule has 4 N–H and O–H groups in total. The Morgan fingerprint density at radius 3 is 1.81 bits per heavy atom. The highest BCUT2D eigenvalue weighted by Crippen LogP contribution is 2.37. The number of hydrogen-bond acceptors (Lipinski definition) is 5. The van der Waals surface area contributed by atoms with Gasteiger partial charge in [-0.05, 0) is 41.8 Å². The van der Waals surface area contributed by atoms with Crippen molar-refractivity contribution in [2.45, 2.75) is 32.6 Å². The molecule has 0 heterocycles. The monoisotopic (exact) mass is 430 g/mol. The zero-order chi connectivity index (χ0) is 24.0. The Balaban J connectivity index is 0.000000752. The fourth-order valence-corrected chi connectivity index (χ4v) is 2.28. The van der Waals surface area contributed by atoms with Gasteiger partial charge in [0.15, 0.2) is 11.5 Å². The average molecular weight is 430 g/mol. The van der Waals surface area contributed by atoms with Crippen molar-refractivity contribution in [1.82, 2.24) is 0 Å². The van der Waals surface area contributed by atoms with E-state index in [4.69, 9.17) is 14.9 Å². The Hall–Kier alpha value is -3.74. The van der Waals surface area contributed by atoms with E-state index in [0.29, 0.717) is 12.4 Å². The third-order valence-corrected chi connectivity index (χ3v) is 4.08. The number of aliphatic carboxylic acids is 2. The fraction of sp³-hybridized carbons (Fsp3) is 0.250. The van der Waals surface area contributed by atoms with E-state index in [9.17, 15) is 19.8 Å². The predicted molar refractivity (Wildman–Crippen MR) is 120 cm³/mol. The Morgan fingerprint density at radius 1 is 0.935 bits per heavy atom. The van der Waals surface area contributed by atoms with Crippen LogP contribution in [0.3, 0.4) is 0 Å². The highest BCUT2D eigenvalue weighted by Gasteiger charge is 2.24. The van der Waals surface area contributed by atoms with Gasteiger partial charge < -0.3 is 25.2 Å². The number of hydrogen-bond donors (Lipinski definition) is 4. The smallest absolute Gasteiger partial charge is 0.327 e. The number of carboxylic acid groups (broad SMARTS) is 2. The lowest BCUT2D eigenvalue weighted by Gasteiger charge is -2.27. The molecule has 0 saturated carbocycles. The van der Waals surface area contributed by atoms with Gasteiger partial charge in [0.25, 0.3) is 0 Å². The fourth-order valence-electron chi connectivity index (χ4n) is 2.28. The van der Waals surface area contributed by atoms with Crippen LogP contribution < -0.4 is 4.74 Å². The molecule has 2 rings (SSSR count). The van der Waals surface area contributed by atoms with E-state index in [1.165, 1.54) is 0 Å². The molecule has 0 aliphatic heterocycles. The quantitative estimate of drug-likeness (QED) is 0.468. The lowest BCUT2D eigenvalue weighted by atomic mass is 9.78. The van der Waals surface area contributed by atoms with Crippen molar-refractivity contribution in [3.8, 4) is 17.2 Å². The summed E-state index contributed by atoms with van der Waals surface area (Å²) >= 11 is 0. The molecule has 0 aliphatic carbocycles. The van der Waals surface area contributed by atoms with E-state index in [1.54, 1.807) is 18.2 Å². The zero-order valence-electron chi connectivity index (χ0n) is 18.0. The van der Waals surface area contributed by atoms with Crippen LogP contribution >= 0.6 is 0 Å². The Bertz CT molecular complexity index is 850. The van der Waals surface area contributed by atoms with E-state index in [1.807, 2.05) is 31.2 Å². The highest BCUT2D eigenvalue weighted by molar-refractivity contribution is 5.79. The van der Waals surface area contributed by atoms with E-state index in [-0.39, 0.29) is 16.9 Å². The molecule has 0 aliphatic rings. The van der Waals surface area contributed by atoms with Crippen LogP contribution in [0.5, 0.6) is 17.2 Å². The molecule has 0 atom stereocenters. The van der Waals surface area contributed by atoms with Crippen LogP contribution in [-0.2, 0) is 15.0 Å². The summed E-state index contributed by atoms with van der Waals surface area (Å²) in [5, 5.41) is 34.5. The Kier molecular flexibility index (Phi) is 11.9. The second-order valence-electron chi connectivity index (χ2n) is 6.79. The number of carboxylic acids is 2. The molecule has 0 spiro atoms. The minimum atomic E-state index is -0.981. The Morgan fingerprint density at radius 2 is 1.39 bits per heavy atom. The SMILES string of the molecule is C=CC(=O)O.C=CC(=O)O.CCCOc1cc(C(C)(C)c2ccc(O)cc2)ccc1O. The molecule has 0 bridgehead atoms. The number of aromatic hydroxyl groups is 2. The van der Waals surface area contributed by atoms with Crippen LogP contribution in [0.1, 0.15) is 38.3 Å². The zero-order valence-corrected chi connectivity index (χ0v) is 18.0. The number of benzene rings is 2. The van der Waals surface area contributed by atoms with Gasteiger partial charge in [-0.25, -0.2) is 9.59 Å². The van der Waals surface area contributed by atoms with Gasteiger partial charge in [-0.1, -0.05) is 52.1 Å². The van der Waals surface area contributed by atoms with Crippen molar-refractivity contribution in [3.05, 3.63) is 78.9 Å². The van der Waals surface area contributed by atoms with Gasteiger partial charge in [-0.3, -0.25) is 0 Å². The first-order chi connectivity index (χ1) is 14.5. The molecule has 0 radical (unpaired) electrons. The van der Waals surface area contributed by atoms with Crippen molar-refractivity contribution in [2.75, 3.05) is 6.61 Å². The molecule has 168 valence electrons. The van der Waals surface area contributed by atoms with E-state index < -0.39 is 11.9 Å². The average Bonchev–Trinajstić information content (AvgIpc) is 2.74. The number of carbonyl (C=O) groups is 2. The maximum atomic E-state index is 9.88. The van der Waals surface area contributed by atoms with E-state index in [2.05, 4.69) is 27.0 Å². The van der Waals surface area contributed by atoms with Crippen LogP contribution in [0.25, 0.3) is 0 Å². The highest BCUT2D eigenvalue weighted by atomic mass is 16.5. The minimum Gasteiger partial charge on any atom is -0.508 e. The standard InChI is InChI=1S/C18H22O3.2C3H4O2/c1-4-11-21-17-12-14(7-10-16(17)20)18(2,3)13-5-8-15(19)9-6-13;2*1-2-3(4)5/h5-10,12,19-20H,4,11H2,1-3H3;2*2H,1H2,(H,4,5). The second kappa shape index (κ2) is 13.5. The van der Waals surface area contributed by atoms with Gasteiger partial charge in [0.05, 0.1) is 6.61 Å². The van der Waals surface area contributed by atoms with Gasteiger partial charge in [-0.2, -0.15) is 0 Å². The molecule has 2 aromatic rings. The summed E-state index contributed by atoms with van der Waals surface area (Å²) in [5.74, 6) is -1.03. The van der Waals surface area contributed by atoms with Crippen LogP contribution in [0, 0.1) is 0 Å². The summed E-state index contributed by atoms with van der Waals surface area (Å²) in [6.45, 7) is 12.7. The largest absolute Gasteiger partial charge is 0.508 e. The van der Waals surface area contributed by atoms with Crippen LogP contribution in [-0.4, -0.2) is 39.0 Å². The van der Waals surface area contributed by atoms with E-state index in [0.717, 1.165) is 29.7 Å². The summed E-state index contributed by atoms with van der Waals surface area (Å²) < 4.78 is 5.59. The normalized spacial score (nSPS) is 9.77. The topological polar surface area (TPSA) is 124 Å². The molecular formula is C24H30O7. The minimum absolute atomic E-state index is 0.161. The van der Waals surface area contributed by atoms with Gasteiger partial charge >= 0.3 is 11.9 Å². The maximum absolute atomic E-state index is 9.88. The summed E-state index contributed by atoms with van der Waals surface area (Å²) in [6.07, 6.45) is 2.56. The first-order valence-corrected chi connectivity index (χ1v) is 9.46. The molecule has 0 saturated heterocycles. The molecule has 0 unspecified atom stereocenters. The Labute approximate surface area is 182 Å². The molecule has 31 heavy (non-hydrogen) atoms. The van der Waals surface area contributed by atoms with Gasteiger partial charge in [-0.15, -0.1) is 0 Å². The summed E-state index contributed by atoms with van der Waals surface area (Å²) in [4.78, 5) is 18.5. The van der Waals surface area contributed by atoms with Crippen molar-refractivity contribution in [2.24, 2.45) is 0 Å². The molecule has 2 aromatic carbocycles. The third kappa shape index (κ3) is 10.0. The van der Waals surface area contributed by atoms with Crippen molar-refractivity contribution < 1.29 is 34.8 Å². The molecule has 7 nitrogen and oxygen atoms in total. The van der Waals surface area contributed by atoms with Crippen LogP contribution in [0.15, 0.2) is 67.8 Å². The van der Waals surface area contributed by atoms with E-state index >= 15 is 0 Å². The first-order valence-electron chi connectivity index (χ1n) is 9.46. The number of phenolic OH excluding ortho intramolecular Hbond substituents is 2. The summed E-state index contributed by atoms with van der Waals surface area (Å²) in [7, 11) is 0. The molecular weight excluding hydrogens is 400 g/mol. The summed E-state index contributed by atoms with van der Waals surface area (Å²) in [6, 6.07) is 12.7. The first kappa shape index (κ1) is 27.3. The van der Waals surface area contributed by atoms with Crippen LogP contribution in [0.4, 0.5) is 0 Å².